The summed E-state index contributed by atoms with van der Waals surface area (Å²) in [7, 11) is 0. The van der Waals surface area contributed by atoms with Crippen molar-refractivity contribution < 1.29 is 4.79 Å². The van der Waals surface area contributed by atoms with E-state index >= 15 is 0 Å². The second-order valence-corrected chi connectivity index (χ2v) is 6.77. The zero-order chi connectivity index (χ0) is 17.1. The Morgan fingerprint density at radius 2 is 2.12 bits per heavy atom. The van der Waals surface area contributed by atoms with Gasteiger partial charge in [0.1, 0.15) is 12.2 Å². The molecule has 1 amide bonds. The lowest BCUT2D eigenvalue weighted by atomic mass is 10.3. The van der Waals surface area contributed by atoms with Crippen LogP contribution in [-0.4, -0.2) is 36.4 Å². The monoisotopic (exact) mass is 344 g/mol. The van der Waals surface area contributed by atoms with Gasteiger partial charge < -0.3 is 14.9 Å². The van der Waals surface area contributed by atoms with Gasteiger partial charge in [-0.15, -0.1) is 10.2 Å². The summed E-state index contributed by atoms with van der Waals surface area (Å²) in [6.45, 7) is 6.02. The van der Waals surface area contributed by atoms with Crippen LogP contribution in [0.3, 0.4) is 0 Å². The van der Waals surface area contributed by atoms with Crippen molar-refractivity contribution in [1.82, 2.24) is 30.0 Å². The molecule has 2 heterocycles. The van der Waals surface area contributed by atoms with E-state index in [0.29, 0.717) is 0 Å². The summed E-state index contributed by atoms with van der Waals surface area (Å²) in [5.41, 5.74) is 1.86. The summed E-state index contributed by atoms with van der Waals surface area (Å²) < 4.78 is 1.95. The minimum Gasteiger partial charge on any atom is -0.346 e. The first-order valence-electron chi connectivity index (χ1n) is 7.81. The van der Waals surface area contributed by atoms with E-state index in [1.54, 1.807) is 6.33 Å². The Balaban J connectivity index is 1.59. The van der Waals surface area contributed by atoms with Gasteiger partial charge in [0.05, 0.1) is 22.8 Å². The average Bonchev–Trinajstić information content (AvgIpc) is 3.19. The van der Waals surface area contributed by atoms with Crippen LogP contribution in [0.2, 0.25) is 0 Å². The molecule has 0 aliphatic rings. The van der Waals surface area contributed by atoms with Crippen molar-refractivity contribution in [2.45, 2.75) is 38.0 Å². The highest BCUT2D eigenvalue weighted by molar-refractivity contribution is 7.99. The van der Waals surface area contributed by atoms with Gasteiger partial charge >= 0.3 is 0 Å². The van der Waals surface area contributed by atoms with Gasteiger partial charge in [-0.3, -0.25) is 4.79 Å². The summed E-state index contributed by atoms with van der Waals surface area (Å²) in [6.07, 6.45) is 1.68. The molecule has 1 unspecified atom stereocenters. The first kappa shape index (κ1) is 16.5. The van der Waals surface area contributed by atoms with Gasteiger partial charge in [-0.2, -0.15) is 0 Å². The molecule has 0 spiro atoms. The van der Waals surface area contributed by atoms with E-state index in [-0.39, 0.29) is 23.7 Å². The van der Waals surface area contributed by atoms with Crippen molar-refractivity contribution in [2.24, 2.45) is 0 Å². The summed E-state index contributed by atoms with van der Waals surface area (Å²) >= 11 is 1.38. The maximum Gasteiger partial charge on any atom is 0.231 e. The first-order chi connectivity index (χ1) is 11.5. The Labute approximate surface area is 144 Å². The number of H-pyrrole nitrogens is 1. The smallest absolute Gasteiger partial charge is 0.231 e. The number of thioether (sulfide) groups is 1. The third-order valence-electron chi connectivity index (χ3n) is 3.62. The number of fused-ring (bicyclic) bond motifs is 1. The van der Waals surface area contributed by atoms with Gasteiger partial charge in [-0.25, -0.2) is 4.98 Å². The lowest BCUT2D eigenvalue weighted by Gasteiger charge is -2.12. The highest BCUT2D eigenvalue weighted by Crippen LogP contribution is 2.19. The molecule has 1 aromatic carbocycles. The van der Waals surface area contributed by atoms with Gasteiger partial charge in [0.2, 0.25) is 5.91 Å². The standard InChI is InChI=1S/C16H20N6OS/c1-10(2)22-9-17-21-16(22)24-8-14(23)18-11(3)15-19-12-6-4-5-7-13(12)20-15/h4-7,9-11H,8H2,1-3H3,(H,18,23)(H,19,20). The van der Waals surface area contributed by atoms with Crippen molar-refractivity contribution in [2.75, 3.05) is 5.75 Å². The molecule has 0 aliphatic carbocycles. The third-order valence-corrected chi connectivity index (χ3v) is 4.58. The molecule has 24 heavy (non-hydrogen) atoms. The van der Waals surface area contributed by atoms with Crippen LogP contribution in [0.25, 0.3) is 11.0 Å². The molecule has 0 radical (unpaired) electrons. The minimum atomic E-state index is -0.187. The molecule has 8 heteroatoms. The molecular formula is C16H20N6OS. The maximum atomic E-state index is 12.2. The highest BCUT2D eigenvalue weighted by atomic mass is 32.2. The number of amides is 1. The van der Waals surface area contributed by atoms with E-state index in [4.69, 9.17) is 0 Å². The molecule has 0 saturated heterocycles. The van der Waals surface area contributed by atoms with Crippen LogP contribution >= 0.6 is 11.8 Å². The fourth-order valence-electron chi connectivity index (χ4n) is 2.35. The number of imidazole rings is 1. The van der Waals surface area contributed by atoms with Crippen LogP contribution in [0.4, 0.5) is 0 Å². The quantitative estimate of drug-likeness (QED) is 0.671. The Hall–Kier alpha value is -2.35. The highest BCUT2D eigenvalue weighted by Gasteiger charge is 2.15. The Morgan fingerprint density at radius 3 is 2.88 bits per heavy atom. The van der Waals surface area contributed by atoms with Crippen molar-refractivity contribution in [3.8, 4) is 0 Å². The number of aromatic amines is 1. The number of nitrogens with zero attached hydrogens (tertiary/aromatic N) is 4. The van der Waals surface area contributed by atoms with Gasteiger partial charge in [-0.05, 0) is 32.9 Å². The van der Waals surface area contributed by atoms with Crippen LogP contribution in [0, 0.1) is 0 Å². The third kappa shape index (κ3) is 3.59. The van der Waals surface area contributed by atoms with Crippen molar-refractivity contribution in [1.29, 1.82) is 0 Å². The normalized spacial score (nSPS) is 12.7. The van der Waals surface area contributed by atoms with Crippen LogP contribution < -0.4 is 5.32 Å². The maximum absolute atomic E-state index is 12.2. The first-order valence-corrected chi connectivity index (χ1v) is 8.79. The zero-order valence-corrected chi connectivity index (χ0v) is 14.7. The lowest BCUT2D eigenvalue weighted by Crippen LogP contribution is -2.29. The fraction of sp³-hybridized carbons (Fsp3) is 0.375. The molecule has 3 aromatic rings. The van der Waals surface area contributed by atoms with Gasteiger partial charge in [0, 0.05) is 6.04 Å². The van der Waals surface area contributed by atoms with E-state index in [0.717, 1.165) is 22.0 Å². The molecular weight excluding hydrogens is 324 g/mol. The number of rotatable bonds is 6. The number of hydrogen-bond acceptors (Lipinski definition) is 5. The molecule has 2 aromatic heterocycles. The summed E-state index contributed by atoms with van der Waals surface area (Å²) in [4.78, 5) is 19.9. The summed E-state index contributed by atoms with van der Waals surface area (Å²) in [5, 5.41) is 11.7. The van der Waals surface area contributed by atoms with Crippen LogP contribution in [0.5, 0.6) is 0 Å². The SMILES string of the molecule is CC(NC(=O)CSc1nncn1C(C)C)c1nc2ccccc2[nH]1. The number of carbonyl (C=O) groups is 1. The number of hydrogen-bond donors (Lipinski definition) is 2. The molecule has 126 valence electrons. The zero-order valence-electron chi connectivity index (χ0n) is 13.9. The largest absolute Gasteiger partial charge is 0.346 e. The van der Waals surface area contributed by atoms with Gasteiger partial charge in [0.15, 0.2) is 5.16 Å². The molecule has 0 fully saturated rings. The van der Waals surface area contributed by atoms with Crippen molar-refractivity contribution >= 4 is 28.7 Å². The second-order valence-electron chi connectivity index (χ2n) is 5.83. The van der Waals surface area contributed by atoms with Crippen LogP contribution in [-0.2, 0) is 4.79 Å². The fourth-order valence-corrected chi connectivity index (χ4v) is 3.20. The van der Waals surface area contributed by atoms with Crippen LogP contribution in [0.1, 0.15) is 38.7 Å². The second kappa shape index (κ2) is 7.04. The van der Waals surface area contributed by atoms with Crippen molar-refractivity contribution in [3.63, 3.8) is 0 Å². The Morgan fingerprint density at radius 1 is 1.33 bits per heavy atom. The number of aromatic nitrogens is 5. The molecule has 7 nitrogen and oxygen atoms in total. The predicted octanol–water partition coefficient (Wildman–Crippen LogP) is 2.70. The van der Waals surface area contributed by atoms with Gasteiger partial charge in [0.25, 0.3) is 0 Å². The van der Waals surface area contributed by atoms with Crippen molar-refractivity contribution in [3.05, 3.63) is 36.4 Å². The van der Waals surface area contributed by atoms with E-state index < -0.39 is 0 Å². The van der Waals surface area contributed by atoms with E-state index in [2.05, 4.69) is 39.3 Å². The molecule has 0 aliphatic heterocycles. The van der Waals surface area contributed by atoms with Gasteiger partial charge in [-0.1, -0.05) is 23.9 Å². The van der Waals surface area contributed by atoms with E-state index in [9.17, 15) is 4.79 Å². The summed E-state index contributed by atoms with van der Waals surface area (Å²) in [5.74, 6) is 0.974. The number of benzene rings is 1. The molecule has 0 bridgehead atoms. The Kier molecular flexibility index (Phi) is 4.84. The minimum absolute atomic E-state index is 0.0636. The molecule has 0 saturated carbocycles. The predicted molar refractivity (Wildman–Crippen MR) is 93.8 cm³/mol. The van der Waals surface area contributed by atoms with E-state index in [1.165, 1.54) is 11.8 Å². The average molecular weight is 344 g/mol. The number of para-hydroxylation sites is 2. The topological polar surface area (TPSA) is 88.5 Å². The molecule has 2 N–H and O–H groups in total. The molecule has 3 rings (SSSR count). The number of carbonyl (C=O) groups excluding carboxylic acids is 1. The van der Waals surface area contributed by atoms with E-state index in [1.807, 2.05) is 35.8 Å². The number of nitrogens with one attached hydrogen (secondary N) is 2. The van der Waals surface area contributed by atoms with Crippen LogP contribution in [0.15, 0.2) is 35.7 Å². The molecule has 1 atom stereocenters. The Bertz CT molecular complexity index is 807. The summed E-state index contributed by atoms with van der Waals surface area (Å²) in [6, 6.07) is 7.88. The lowest BCUT2D eigenvalue weighted by molar-refractivity contribution is -0.119.